The van der Waals surface area contributed by atoms with E-state index < -0.39 is 0 Å². The number of aromatic nitrogens is 1. The van der Waals surface area contributed by atoms with Crippen LogP contribution < -0.4 is 20.1 Å². The van der Waals surface area contributed by atoms with Crippen LogP contribution in [0.5, 0.6) is 11.6 Å². The van der Waals surface area contributed by atoms with Gasteiger partial charge in [-0.1, -0.05) is 36.9 Å². The van der Waals surface area contributed by atoms with E-state index in [1.165, 1.54) is 0 Å². The molecule has 156 valence electrons. The molecule has 2 rings (SSSR count). The van der Waals surface area contributed by atoms with Gasteiger partial charge in [-0.25, -0.2) is 9.98 Å². The fourth-order valence-electron chi connectivity index (χ4n) is 2.52. The predicted octanol–water partition coefficient (Wildman–Crippen LogP) is 2.93. The topological polar surface area (TPSA) is 77.0 Å². The Morgan fingerprint density at radius 3 is 2.72 bits per heavy atom. The van der Waals surface area contributed by atoms with Crippen LogP contribution in [0.3, 0.4) is 0 Å². The van der Waals surface area contributed by atoms with Crippen molar-refractivity contribution >= 4 is 5.96 Å². The van der Waals surface area contributed by atoms with Gasteiger partial charge in [-0.15, -0.1) is 0 Å². The molecule has 1 aromatic heterocycles. The molecule has 0 amide bonds. The van der Waals surface area contributed by atoms with E-state index in [9.17, 15) is 0 Å². The summed E-state index contributed by atoms with van der Waals surface area (Å²) in [6.07, 6.45) is 3.44. The van der Waals surface area contributed by atoms with Crippen LogP contribution in [-0.4, -0.2) is 44.4 Å². The van der Waals surface area contributed by atoms with Crippen molar-refractivity contribution in [1.82, 2.24) is 15.6 Å². The average molecular weight is 399 g/mol. The zero-order valence-electron chi connectivity index (χ0n) is 17.2. The van der Waals surface area contributed by atoms with Crippen LogP contribution >= 0.6 is 0 Å². The van der Waals surface area contributed by atoms with Gasteiger partial charge < -0.3 is 24.8 Å². The number of guanidine groups is 1. The molecule has 0 bridgehead atoms. The van der Waals surface area contributed by atoms with Gasteiger partial charge >= 0.3 is 0 Å². The molecule has 0 radical (unpaired) electrons. The monoisotopic (exact) mass is 398 g/mol. The minimum Gasteiger partial charge on any atom is -0.489 e. The third kappa shape index (κ3) is 7.83. The molecule has 0 fully saturated rings. The summed E-state index contributed by atoms with van der Waals surface area (Å²) >= 11 is 0. The fourth-order valence-corrected chi connectivity index (χ4v) is 2.52. The smallest absolute Gasteiger partial charge is 0.218 e. The summed E-state index contributed by atoms with van der Waals surface area (Å²) in [7, 11) is 1.64. The summed E-state index contributed by atoms with van der Waals surface area (Å²) in [6, 6.07) is 11.7. The Morgan fingerprint density at radius 2 is 1.93 bits per heavy atom. The molecule has 0 unspecified atom stereocenters. The molecule has 0 aliphatic heterocycles. The third-order valence-electron chi connectivity index (χ3n) is 3.90. The molecule has 0 spiro atoms. The molecule has 0 aliphatic rings. The van der Waals surface area contributed by atoms with E-state index >= 15 is 0 Å². The van der Waals surface area contributed by atoms with Gasteiger partial charge in [-0.3, -0.25) is 0 Å². The number of pyridine rings is 1. The molecule has 29 heavy (non-hydrogen) atoms. The Kier molecular flexibility index (Phi) is 10.1. The zero-order chi connectivity index (χ0) is 20.7. The van der Waals surface area contributed by atoms with Crippen LogP contribution in [0.4, 0.5) is 0 Å². The van der Waals surface area contributed by atoms with E-state index in [1.54, 1.807) is 19.4 Å². The Morgan fingerprint density at radius 1 is 1.10 bits per heavy atom. The highest BCUT2D eigenvalue weighted by Gasteiger charge is 2.07. The normalized spacial score (nSPS) is 11.0. The highest BCUT2D eigenvalue weighted by atomic mass is 16.5. The van der Waals surface area contributed by atoms with E-state index in [0.29, 0.717) is 44.7 Å². The number of benzene rings is 1. The van der Waals surface area contributed by atoms with Crippen molar-refractivity contribution in [3.63, 3.8) is 0 Å². The second kappa shape index (κ2) is 13.2. The van der Waals surface area contributed by atoms with Gasteiger partial charge in [0.25, 0.3) is 0 Å². The van der Waals surface area contributed by atoms with Crippen molar-refractivity contribution in [3.05, 3.63) is 66.4 Å². The first-order valence-corrected chi connectivity index (χ1v) is 9.67. The average Bonchev–Trinajstić information content (AvgIpc) is 2.75. The predicted molar refractivity (Wildman–Crippen MR) is 115 cm³/mol. The van der Waals surface area contributed by atoms with Gasteiger partial charge in [0.1, 0.15) is 19.0 Å². The second-order valence-corrected chi connectivity index (χ2v) is 6.07. The van der Waals surface area contributed by atoms with E-state index in [1.807, 2.05) is 43.3 Å². The highest BCUT2D eigenvalue weighted by Crippen LogP contribution is 2.18. The maximum absolute atomic E-state index is 5.72. The fraction of sp³-hybridized carbons (Fsp3) is 0.364. The Balaban J connectivity index is 2.03. The summed E-state index contributed by atoms with van der Waals surface area (Å²) in [4.78, 5) is 8.96. The van der Waals surface area contributed by atoms with Gasteiger partial charge in [-0.05, 0) is 19.1 Å². The minimum atomic E-state index is 0.445. The molecule has 0 saturated heterocycles. The number of para-hydroxylation sites is 1. The van der Waals surface area contributed by atoms with Crippen molar-refractivity contribution in [2.45, 2.75) is 20.0 Å². The summed E-state index contributed by atoms with van der Waals surface area (Å²) in [5.74, 6) is 2.11. The lowest BCUT2D eigenvalue weighted by Crippen LogP contribution is -2.36. The van der Waals surface area contributed by atoms with Gasteiger partial charge in [0, 0.05) is 37.5 Å². The first-order valence-electron chi connectivity index (χ1n) is 9.67. The second-order valence-electron chi connectivity index (χ2n) is 6.07. The molecular formula is C22H30N4O3. The van der Waals surface area contributed by atoms with Crippen molar-refractivity contribution in [3.8, 4) is 11.6 Å². The Hall–Kier alpha value is -3.06. The van der Waals surface area contributed by atoms with Crippen molar-refractivity contribution in [2.75, 3.05) is 33.5 Å². The van der Waals surface area contributed by atoms with Crippen LogP contribution in [0.1, 0.15) is 18.1 Å². The maximum atomic E-state index is 5.72. The largest absolute Gasteiger partial charge is 0.489 e. The van der Waals surface area contributed by atoms with E-state index in [-0.39, 0.29) is 0 Å². The molecular weight excluding hydrogens is 368 g/mol. The zero-order valence-corrected chi connectivity index (χ0v) is 17.2. The lowest BCUT2D eigenvalue weighted by atomic mass is 10.2. The summed E-state index contributed by atoms with van der Waals surface area (Å²) < 4.78 is 16.4. The molecule has 0 saturated carbocycles. The quantitative estimate of drug-likeness (QED) is 0.248. The SMILES string of the molecule is C=CCOc1ccccc1CNC(=NCc1cccnc1OCCOC)NCC. The Bertz CT molecular complexity index is 780. The van der Waals surface area contributed by atoms with Gasteiger partial charge in [0.15, 0.2) is 5.96 Å². The molecule has 2 aromatic rings. The number of hydrogen-bond donors (Lipinski definition) is 2. The van der Waals surface area contributed by atoms with E-state index in [4.69, 9.17) is 14.2 Å². The van der Waals surface area contributed by atoms with Crippen molar-refractivity contribution < 1.29 is 14.2 Å². The number of nitrogens with one attached hydrogen (secondary N) is 2. The standard InChI is InChI=1S/C22H30N4O3/c1-4-13-28-20-11-7-6-9-18(20)16-25-22(23-5-2)26-17-19-10-8-12-24-21(19)29-15-14-27-3/h4,6-12H,1,5,13-17H2,2-3H3,(H2,23,25,26). The van der Waals surface area contributed by atoms with Gasteiger partial charge in [-0.2, -0.15) is 0 Å². The maximum Gasteiger partial charge on any atom is 0.218 e. The van der Waals surface area contributed by atoms with Crippen LogP contribution in [0.25, 0.3) is 0 Å². The number of ether oxygens (including phenoxy) is 3. The molecule has 1 aromatic carbocycles. The third-order valence-corrected chi connectivity index (χ3v) is 3.90. The first kappa shape index (κ1) is 22.2. The van der Waals surface area contributed by atoms with Crippen LogP contribution in [0, 0.1) is 0 Å². The lowest BCUT2D eigenvalue weighted by Gasteiger charge is -2.14. The summed E-state index contributed by atoms with van der Waals surface area (Å²) in [6.45, 7) is 8.94. The van der Waals surface area contributed by atoms with Crippen molar-refractivity contribution in [1.29, 1.82) is 0 Å². The lowest BCUT2D eigenvalue weighted by molar-refractivity contribution is 0.143. The van der Waals surface area contributed by atoms with E-state index in [2.05, 4.69) is 27.2 Å². The molecule has 7 nitrogen and oxygen atoms in total. The van der Waals surface area contributed by atoms with Gasteiger partial charge in [0.2, 0.25) is 5.88 Å². The van der Waals surface area contributed by atoms with E-state index in [0.717, 1.165) is 23.4 Å². The number of nitrogens with zero attached hydrogens (tertiary/aromatic N) is 2. The number of aliphatic imine (C=N–C) groups is 1. The summed E-state index contributed by atoms with van der Waals surface area (Å²) in [5.41, 5.74) is 1.96. The van der Waals surface area contributed by atoms with Crippen LogP contribution in [0.15, 0.2) is 60.2 Å². The molecule has 2 N–H and O–H groups in total. The van der Waals surface area contributed by atoms with Gasteiger partial charge in [0.05, 0.1) is 13.2 Å². The number of rotatable bonds is 12. The highest BCUT2D eigenvalue weighted by molar-refractivity contribution is 5.79. The Labute approximate surface area is 172 Å². The molecule has 7 heteroatoms. The molecule has 0 atom stereocenters. The minimum absolute atomic E-state index is 0.445. The summed E-state index contributed by atoms with van der Waals surface area (Å²) in [5, 5.41) is 6.61. The molecule has 1 heterocycles. The number of hydrogen-bond acceptors (Lipinski definition) is 5. The first-order chi connectivity index (χ1) is 14.3. The van der Waals surface area contributed by atoms with Crippen molar-refractivity contribution in [2.24, 2.45) is 4.99 Å². The molecule has 0 aliphatic carbocycles. The van der Waals surface area contributed by atoms with Crippen LogP contribution in [-0.2, 0) is 17.8 Å². The van der Waals surface area contributed by atoms with Crippen LogP contribution in [0.2, 0.25) is 0 Å². The number of methoxy groups -OCH3 is 1.